The lowest BCUT2D eigenvalue weighted by Gasteiger charge is -2.31. The summed E-state index contributed by atoms with van der Waals surface area (Å²) >= 11 is 0. The number of nitrogens with zero attached hydrogens (tertiary/aromatic N) is 1. The van der Waals surface area contributed by atoms with E-state index in [1.165, 1.54) is 4.31 Å². The summed E-state index contributed by atoms with van der Waals surface area (Å²) in [6.07, 6.45) is 1.87. The van der Waals surface area contributed by atoms with Crippen molar-refractivity contribution in [3.63, 3.8) is 0 Å². The van der Waals surface area contributed by atoms with Crippen LogP contribution in [0.15, 0.2) is 29.2 Å². The Kier molecular flexibility index (Phi) is 6.77. The highest BCUT2D eigenvalue weighted by Gasteiger charge is 2.30. The van der Waals surface area contributed by atoms with Gasteiger partial charge in [-0.2, -0.15) is 4.31 Å². The quantitative estimate of drug-likeness (QED) is 0.754. The van der Waals surface area contributed by atoms with Gasteiger partial charge in [0.1, 0.15) is 0 Å². The van der Waals surface area contributed by atoms with Gasteiger partial charge in [-0.25, -0.2) is 8.42 Å². The van der Waals surface area contributed by atoms with Crippen LogP contribution >= 0.6 is 0 Å². The van der Waals surface area contributed by atoms with Crippen LogP contribution in [0.1, 0.15) is 24.8 Å². The normalized spacial score (nSPS) is 16.9. The Morgan fingerprint density at radius 3 is 2.46 bits per heavy atom. The van der Waals surface area contributed by atoms with Crippen LogP contribution in [0.25, 0.3) is 0 Å². The van der Waals surface area contributed by atoms with Crippen molar-refractivity contribution in [3.8, 4) is 0 Å². The number of hydrogen-bond donors (Lipinski definition) is 1. The number of carbonyl (C=O) groups is 1. The molecule has 7 heteroatoms. The number of nitrogens with one attached hydrogen (secondary N) is 1. The fraction of sp³-hybridized carbons (Fsp3) is 0.588. The van der Waals surface area contributed by atoms with E-state index in [0.29, 0.717) is 50.4 Å². The number of ether oxygens (including phenoxy) is 1. The SMILES string of the molecule is COCCNC(=O)CC1CCN(S(=O)(=O)c2ccc(C)cc2)CC1. The van der Waals surface area contributed by atoms with E-state index in [-0.39, 0.29) is 11.8 Å². The highest BCUT2D eigenvalue weighted by atomic mass is 32.2. The molecular weight excluding hydrogens is 328 g/mol. The lowest BCUT2D eigenvalue weighted by Crippen LogP contribution is -2.39. The van der Waals surface area contributed by atoms with Crippen molar-refractivity contribution in [2.75, 3.05) is 33.4 Å². The third kappa shape index (κ3) is 5.03. The number of rotatable bonds is 7. The summed E-state index contributed by atoms with van der Waals surface area (Å²) in [6.45, 7) is 3.87. The Morgan fingerprint density at radius 1 is 1.25 bits per heavy atom. The van der Waals surface area contributed by atoms with E-state index in [1.807, 2.05) is 19.1 Å². The van der Waals surface area contributed by atoms with E-state index >= 15 is 0 Å². The number of carbonyl (C=O) groups excluding carboxylic acids is 1. The van der Waals surface area contributed by atoms with Gasteiger partial charge < -0.3 is 10.1 Å². The lowest BCUT2D eigenvalue weighted by atomic mass is 9.94. The molecule has 1 aliphatic heterocycles. The summed E-state index contributed by atoms with van der Waals surface area (Å²) in [5.74, 6) is 0.240. The monoisotopic (exact) mass is 354 g/mol. The molecule has 0 aromatic heterocycles. The molecule has 24 heavy (non-hydrogen) atoms. The number of sulfonamides is 1. The van der Waals surface area contributed by atoms with E-state index in [9.17, 15) is 13.2 Å². The minimum atomic E-state index is -3.43. The zero-order valence-corrected chi connectivity index (χ0v) is 15.1. The molecule has 0 atom stereocenters. The van der Waals surface area contributed by atoms with Crippen LogP contribution in [-0.2, 0) is 19.6 Å². The Labute approximate surface area is 144 Å². The predicted octanol–water partition coefficient (Wildman–Crippen LogP) is 1.55. The van der Waals surface area contributed by atoms with Gasteiger partial charge in [-0.05, 0) is 37.8 Å². The summed E-state index contributed by atoms with van der Waals surface area (Å²) in [5.41, 5.74) is 1.03. The molecule has 1 heterocycles. The first-order valence-electron chi connectivity index (χ1n) is 8.26. The molecule has 0 aliphatic carbocycles. The van der Waals surface area contributed by atoms with E-state index < -0.39 is 10.0 Å². The first-order chi connectivity index (χ1) is 11.4. The van der Waals surface area contributed by atoms with Crippen LogP contribution in [0, 0.1) is 12.8 Å². The maximum absolute atomic E-state index is 12.6. The van der Waals surface area contributed by atoms with E-state index in [1.54, 1.807) is 19.2 Å². The second-order valence-corrected chi connectivity index (χ2v) is 8.15. The number of piperidine rings is 1. The van der Waals surface area contributed by atoms with Gasteiger partial charge in [0.15, 0.2) is 0 Å². The number of aryl methyl sites for hydroxylation is 1. The van der Waals surface area contributed by atoms with Crippen LogP contribution in [-0.4, -0.2) is 52.0 Å². The summed E-state index contributed by atoms with van der Waals surface area (Å²) < 4.78 is 31.7. The lowest BCUT2D eigenvalue weighted by molar-refractivity contribution is -0.122. The Hall–Kier alpha value is -1.44. The average Bonchev–Trinajstić information content (AvgIpc) is 2.56. The first kappa shape index (κ1) is 18.9. The molecule has 1 aromatic carbocycles. The zero-order chi connectivity index (χ0) is 17.6. The van der Waals surface area contributed by atoms with Gasteiger partial charge in [0, 0.05) is 33.2 Å². The second-order valence-electron chi connectivity index (χ2n) is 6.21. The Morgan fingerprint density at radius 2 is 1.88 bits per heavy atom. The molecule has 1 fully saturated rings. The highest BCUT2D eigenvalue weighted by molar-refractivity contribution is 7.89. The van der Waals surface area contributed by atoms with Crippen LogP contribution < -0.4 is 5.32 Å². The molecule has 1 saturated heterocycles. The van der Waals surface area contributed by atoms with Crippen molar-refractivity contribution in [2.24, 2.45) is 5.92 Å². The molecule has 134 valence electrons. The number of amides is 1. The molecule has 6 nitrogen and oxygen atoms in total. The zero-order valence-electron chi connectivity index (χ0n) is 14.3. The number of benzene rings is 1. The highest BCUT2D eigenvalue weighted by Crippen LogP contribution is 2.25. The van der Waals surface area contributed by atoms with Crippen molar-refractivity contribution >= 4 is 15.9 Å². The molecule has 1 aromatic rings. The largest absolute Gasteiger partial charge is 0.383 e. The predicted molar refractivity (Wildman–Crippen MR) is 92.2 cm³/mol. The van der Waals surface area contributed by atoms with Crippen LogP contribution in [0.2, 0.25) is 0 Å². The molecule has 0 spiro atoms. The maximum Gasteiger partial charge on any atom is 0.243 e. The summed E-state index contributed by atoms with van der Waals surface area (Å²) in [7, 11) is -1.84. The van der Waals surface area contributed by atoms with Gasteiger partial charge in [0.05, 0.1) is 11.5 Å². The van der Waals surface area contributed by atoms with Gasteiger partial charge in [-0.1, -0.05) is 17.7 Å². The topological polar surface area (TPSA) is 75.7 Å². The van der Waals surface area contributed by atoms with Crippen LogP contribution in [0.5, 0.6) is 0 Å². The van der Waals surface area contributed by atoms with Gasteiger partial charge >= 0.3 is 0 Å². The minimum absolute atomic E-state index is 0.00638. The fourth-order valence-corrected chi connectivity index (χ4v) is 4.31. The standard InChI is InChI=1S/C17H26N2O4S/c1-14-3-5-16(6-4-14)24(21,22)19-10-7-15(8-11-19)13-17(20)18-9-12-23-2/h3-6,15H,7-13H2,1-2H3,(H,18,20). The van der Waals surface area contributed by atoms with E-state index in [0.717, 1.165) is 5.56 Å². The van der Waals surface area contributed by atoms with Crippen LogP contribution in [0.4, 0.5) is 0 Å². The van der Waals surface area contributed by atoms with Crippen molar-refractivity contribution < 1.29 is 17.9 Å². The molecule has 0 unspecified atom stereocenters. The van der Waals surface area contributed by atoms with Gasteiger partial charge in [-0.3, -0.25) is 4.79 Å². The van der Waals surface area contributed by atoms with Crippen molar-refractivity contribution in [1.29, 1.82) is 0 Å². The van der Waals surface area contributed by atoms with E-state index in [2.05, 4.69) is 5.32 Å². The van der Waals surface area contributed by atoms with Gasteiger partial charge in [-0.15, -0.1) is 0 Å². The first-order valence-corrected chi connectivity index (χ1v) is 9.70. The van der Waals surface area contributed by atoms with Crippen molar-refractivity contribution in [2.45, 2.75) is 31.1 Å². The van der Waals surface area contributed by atoms with Gasteiger partial charge in [0.25, 0.3) is 0 Å². The van der Waals surface area contributed by atoms with Crippen molar-refractivity contribution in [1.82, 2.24) is 9.62 Å². The third-order valence-electron chi connectivity index (χ3n) is 4.33. The third-order valence-corrected chi connectivity index (χ3v) is 6.25. The molecule has 1 N–H and O–H groups in total. The van der Waals surface area contributed by atoms with Gasteiger partial charge in [0.2, 0.25) is 15.9 Å². The maximum atomic E-state index is 12.6. The minimum Gasteiger partial charge on any atom is -0.383 e. The van der Waals surface area contributed by atoms with Crippen LogP contribution in [0.3, 0.4) is 0 Å². The summed E-state index contributed by atoms with van der Waals surface area (Å²) in [5, 5.41) is 2.81. The number of methoxy groups -OCH3 is 1. The Bertz CT molecular complexity index is 635. The molecule has 0 saturated carbocycles. The molecular formula is C17H26N2O4S. The molecule has 1 aliphatic rings. The number of hydrogen-bond acceptors (Lipinski definition) is 4. The second kappa shape index (κ2) is 8.60. The average molecular weight is 354 g/mol. The molecule has 1 amide bonds. The molecule has 2 rings (SSSR count). The summed E-state index contributed by atoms with van der Waals surface area (Å²) in [6, 6.07) is 6.92. The molecule has 0 bridgehead atoms. The summed E-state index contributed by atoms with van der Waals surface area (Å²) in [4.78, 5) is 12.2. The smallest absolute Gasteiger partial charge is 0.243 e. The molecule has 0 radical (unpaired) electrons. The fourth-order valence-electron chi connectivity index (χ4n) is 2.84. The van der Waals surface area contributed by atoms with Crippen molar-refractivity contribution in [3.05, 3.63) is 29.8 Å². The van der Waals surface area contributed by atoms with E-state index in [4.69, 9.17) is 4.74 Å². The Balaban J connectivity index is 1.85.